The number of nitrogens with zero attached hydrogens (tertiary/aromatic N) is 3. The van der Waals surface area contributed by atoms with Gasteiger partial charge < -0.3 is 14.4 Å². The molecule has 26 heavy (non-hydrogen) atoms. The maximum atomic E-state index is 11.3. The second-order valence-corrected chi connectivity index (χ2v) is 8.27. The lowest BCUT2D eigenvalue weighted by Gasteiger charge is -2.36. The van der Waals surface area contributed by atoms with Crippen molar-refractivity contribution < 1.29 is 14.4 Å². The Hall–Kier alpha value is -1.92. The normalized spacial score (nSPS) is 20.9. The van der Waals surface area contributed by atoms with Gasteiger partial charge in [-0.1, -0.05) is 38.1 Å². The van der Waals surface area contributed by atoms with Crippen molar-refractivity contribution >= 4 is 0 Å². The summed E-state index contributed by atoms with van der Waals surface area (Å²) in [6.45, 7) is 9.54. The van der Waals surface area contributed by atoms with Crippen molar-refractivity contribution in [2.75, 3.05) is 13.7 Å². The van der Waals surface area contributed by atoms with Gasteiger partial charge in [-0.25, -0.2) is 0 Å². The van der Waals surface area contributed by atoms with E-state index in [0.717, 1.165) is 30.7 Å². The molecule has 142 valence electrons. The average Bonchev–Trinajstić information content (AvgIpc) is 3.24. The third-order valence-electron chi connectivity index (χ3n) is 5.16. The van der Waals surface area contributed by atoms with Gasteiger partial charge in [0.05, 0.1) is 13.7 Å². The topological polar surface area (TPSA) is 71.6 Å². The third kappa shape index (κ3) is 3.76. The molecule has 0 amide bonds. The summed E-state index contributed by atoms with van der Waals surface area (Å²) < 4.78 is 10.7. The molecule has 6 heteroatoms. The molecule has 1 saturated heterocycles. The molecule has 1 aliphatic rings. The quantitative estimate of drug-likeness (QED) is 0.884. The Morgan fingerprint density at radius 3 is 2.50 bits per heavy atom. The zero-order chi connectivity index (χ0) is 18.9. The number of likely N-dealkylation sites (tertiary alicyclic amines) is 1. The largest absolute Gasteiger partial charge is 0.497 e. The van der Waals surface area contributed by atoms with Gasteiger partial charge in [-0.3, -0.25) is 4.90 Å². The van der Waals surface area contributed by atoms with Crippen molar-refractivity contribution in [3.8, 4) is 5.75 Å². The summed E-state index contributed by atoms with van der Waals surface area (Å²) in [5, 5.41) is 15.4. The lowest BCUT2D eigenvalue weighted by atomic mass is 9.86. The van der Waals surface area contributed by atoms with Gasteiger partial charge >= 0.3 is 0 Å². The molecule has 2 aromatic rings. The first-order valence-electron chi connectivity index (χ1n) is 9.16. The van der Waals surface area contributed by atoms with Crippen molar-refractivity contribution in [1.29, 1.82) is 0 Å². The number of aromatic nitrogens is 2. The predicted molar refractivity (Wildman–Crippen MR) is 99.0 cm³/mol. The Labute approximate surface area is 155 Å². The summed E-state index contributed by atoms with van der Waals surface area (Å²) in [4.78, 5) is 6.78. The van der Waals surface area contributed by atoms with Gasteiger partial charge in [-0.2, -0.15) is 4.98 Å². The van der Waals surface area contributed by atoms with E-state index in [1.165, 1.54) is 0 Å². The van der Waals surface area contributed by atoms with Gasteiger partial charge in [0, 0.05) is 11.5 Å². The molecule has 0 aliphatic carbocycles. The maximum Gasteiger partial charge on any atom is 0.240 e. The Kier molecular flexibility index (Phi) is 5.08. The molecule has 1 fully saturated rings. The van der Waals surface area contributed by atoms with E-state index >= 15 is 0 Å². The number of rotatable bonds is 5. The fraction of sp³-hybridized carbons (Fsp3) is 0.600. The zero-order valence-corrected chi connectivity index (χ0v) is 16.3. The SMILES string of the molecule is COc1ccc([C@](C)(O)[C@H]2CCCN2Cc2nc(C(C)(C)C)no2)cc1. The molecule has 0 saturated carbocycles. The van der Waals surface area contributed by atoms with Crippen LogP contribution < -0.4 is 4.74 Å². The molecule has 2 atom stereocenters. The van der Waals surface area contributed by atoms with Crippen molar-refractivity contribution in [2.45, 2.75) is 64.1 Å². The van der Waals surface area contributed by atoms with Crippen LogP contribution in [0.2, 0.25) is 0 Å². The van der Waals surface area contributed by atoms with Gasteiger partial charge in [0.1, 0.15) is 11.4 Å². The van der Waals surface area contributed by atoms with Crippen LogP contribution in [-0.2, 0) is 17.6 Å². The lowest BCUT2D eigenvalue weighted by Crippen LogP contribution is -2.45. The number of aliphatic hydroxyl groups is 1. The van der Waals surface area contributed by atoms with Crippen LogP contribution in [0.15, 0.2) is 28.8 Å². The highest BCUT2D eigenvalue weighted by atomic mass is 16.5. The van der Waals surface area contributed by atoms with Crippen LogP contribution in [0, 0.1) is 0 Å². The smallest absolute Gasteiger partial charge is 0.240 e. The summed E-state index contributed by atoms with van der Waals surface area (Å²) in [5.41, 5.74) is -0.216. The van der Waals surface area contributed by atoms with Crippen LogP contribution in [-0.4, -0.2) is 39.8 Å². The van der Waals surface area contributed by atoms with E-state index in [4.69, 9.17) is 9.26 Å². The molecule has 0 unspecified atom stereocenters. The molecule has 1 N–H and O–H groups in total. The number of benzene rings is 1. The highest BCUT2D eigenvalue weighted by molar-refractivity contribution is 5.31. The van der Waals surface area contributed by atoms with E-state index in [1.807, 2.05) is 31.2 Å². The second kappa shape index (κ2) is 7.00. The first kappa shape index (κ1) is 18.9. The van der Waals surface area contributed by atoms with E-state index in [9.17, 15) is 5.11 Å². The molecule has 2 heterocycles. The lowest BCUT2D eigenvalue weighted by molar-refractivity contribution is -0.0278. The monoisotopic (exact) mass is 359 g/mol. The minimum absolute atomic E-state index is 0.000816. The van der Waals surface area contributed by atoms with E-state index < -0.39 is 5.60 Å². The van der Waals surface area contributed by atoms with Crippen LogP contribution in [0.4, 0.5) is 0 Å². The Morgan fingerprint density at radius 2 is 1.92 bits per heavy atom. The Balaban J connectivity index is 1.77. The van der Waals surface area contributed by atoms with Gasteiger partial charge in [0.15, 0.2) is 5.82 Å². The number of hydrogen-bond acceptors (Lipinski definition) is 6. The van der Waals surface area contributed by atoms with Crippen LogP contribution in [0.5, 0.6) is 5.75 Å². The first-order valence-corrected chi connectivity index (χ1v) is 9.16. The van der Waals surface area contributed by atoms with Crippen molar-refractivity contribution in [3.63, 3.8) is 0 Å². The number of ether oxygens (including phenoxy) is 1. The molecular weight excluding hydrogens is 330 g/mol. The molecule has 0 spiro atoms. The Morgan fingerprint density at radius 1 is 1.23 bits per heavy atom. The molecular formula is C20H29N3O3. The number of methoxy groups -OCH3 is 1. The minimum atomic E-state index is -0.963. The third-order valence-corrected chi connectivity index (χ3v) is 5.16. The average molecular weight is 359 g/mol. The van der Waals surface area contributed by atoms with Crippen LogP contribution in [0.25, 0.3) is 0 Å². The van der Waals surface area contributed by atoms with Gasteiger partial charge in [-0.05, 0) is 44.0 Å². The van der Waals surface area contributed by atoms with Crippen LogP contribution in [0.1, 0.15) is 57.8 Å². The highest BCUT2D eigenvalue weighted by Crippen LogP contribution is 2.36. The molecule has 1 aromatic heterocycles. The molecule has 1 aromatic carbocycles. The molecule has 0 bridgehead atoms. The Bertz CT molecular complexity index is 732. The van der Waals surface area contributed by atoms with Crippen LogP contribution in [0.3, 0.4) is 0 Å². The predicted octanol–water partition coefficient (Wildman–Crippen LogP) is 3.25. The van der Waals surface area contributed by atoms with Gasteiger partial charge in [0.2, 0.25) is 5.89 Å². The van der Waals surface area contributed by atoms with Gasteiger partial charge in [-0.15, -0.1) is 0 Å². The molecule has 0 radical (unpaired) electrons. The van der Waals surface area contributed by atoms with E-state index in [1.54, 1.807) is 7.11 Å². The maximum absolute atomic E-state index is 11.3. The van der Waals surface area contributed by atoms with E-state index in [2.05, 4.69) is 35.8 Å². The standard InChI is InChI=1S/C20H29N3O3/c1-19(2,3)18-21-17(26-22-18)13-23-12-6-7-16(23)20(4,24)14-8-10-15(25-5)11-9-14/h8-11,16,24H,6-7,12-13H2,1-5H3/t16-,20+/m1/s1. The van der Waals surface area contributed by atoms with Crippen LogP contribution >= 0.6 is 0 Å². The fourth-order valence-electron chi connectivity index (χ4n) is 3.57. The summed E-state index contributed by atoms with van der Waals surface area (Å²) in [6.07, 6.45) is 1.97. The van der Waals surface area contributed by atoms with Crippen molar-refractivity contribution in [3.05, 3.63) is 41.5 Å². The summed E-state index contributed by atoms with van der Waals surface area (Å²) in [6, 6.07) is 7.63. The second-order valence-electron chi connectivity index (χ2n) is 8.27. The van der Waals surface area contributed by atoms with E-state index in [-0.39, 0.29) is 11.5 Å². The molecule has 6 nitrogen and oxygen atoms in total. The first-order chi connectivity index (χ1) is 12.2. The minimum Gasteiger partial charge on any atom is -0.497 e. The highest BCUT2D eigenvalue weighted by Gasteiger charge is 2.41. The van der Waals surface area contributed by atoms with Crippen molar-refractivity contribution in [1.82, 2.24) is 15.0 Å². The summed E-state index contributed by atoms with van der Waals surface area (Å²) in [5.74, 6) is 2.10. The summed E-state index contributed by atoms with van der Waals surface area (Å²) in [7, 11) is 1.64. The van der Waals surface area contributed by atoms with Crippen molar-refractivity contribution in [2.24, 2.45) is 0 Å². The fourth-order valence-corrected chi connectivity index (χ4v) is 3.57. The molecule has 3 rings (SSSR count). The molecule has 1 aliphatic heterocycles. The zero-order valence-electron chi connectivity index (χ0n) is 16.3. The van der Waals surface area contributed by atoms with E-state index in [0.29, 0.717) is 18.3 Å². The van der Waals surface area contributed by atoms with Gasteiger partial charge in [0.25, 0.3) is 0 Å². The summed E-state index contributed by atoms with van der Waals surface area (Å²) >= 11 is 0. The number of hydrogen-bond donors (Lipinski definition) is 1.